The van der Waals surface area contributed by atoms with Crippen LogP contribution in [0.15, 0.2) is 65.8 Å². The molecule has 1 unspecified atom stereocenters. The van der Waals surface area contributed by atoms with Crippen molar-refractivity contribution in [2.45, 2.75) is 6.17 Å². The Morgan fingerprint density at radius 2 is 1.72 bits per heavy atom. The van der Waals surface area contributed by atoms with Gasteiger partial charge in [0.15, 0.2) is 6.17 Å². The van der Waals surface area contributed by atoms with Gasteiger partial charge < -0.3 is 26.5 Å². The first-order valence-corrected chi connectivity index (χ1v) is 9.52. The van der Waals surface area contributed by atoms with Crippen LogP contribution in [0.4, 0.5) is 5.69 Å². The number of hydrogen-bond donors (Lipinski definition) is 4. The number of carbonyl (C=O) groups excluding carboxylic acids is 2. The molecule has 7 N–H and O–H groups in total. The number of nitrogens with one attached hydrogen (secondary N) is 1. The molecule has 1 atom stereocenters. The summed E-state index contributed by atoms with van der Waals surface area (Å²) in [6.45, 7) is 0. The van der Waals surface area contributed by atoms with Crippen LogP contribution in [-0.4, -0.2) is 34.7 Å². The number of nitrogens with zero attached hydrogens (tertiary/aromatic N) is 2. The number of amides is 2. The molecule has 29 heavy (non-hydrogen) atoms. The number of rotatable bonds is 2. The van der Waals surface area contributed by atoms with Gasteiger partial charge in [-0.2, -0.15) is 0 Å². The summed E-state index contributed by atoms with van der Waals surface area (Å²) >= 11 is 1.36. The minimum atomic E-state index is -0.886. The van der Waals surface area contributed by atoms with Crippen molar-refractivity contribution in [1.82, 2.24) is 3.96 Å². The molecule has 1 aliphatic heterocycles. The average Bonchev–Trinajstić information content (AvgIpc) is 2.84. The highest BCUT2D eigenvalue weighted by atomic mass is 32.1. The van der Waals surface area contributed by atoms with Crippen molar-refractivity contribution in [2.24, 2.45) is 29.2 Å². The summed E-state index contributed by atoms with van der Waals surface area (Å²) in [5.74, 6) is -0.633. The van der Waals surface area contributed by atoms with Gasteiger partial charge in [0.05, 0.1) is 11.4 Å². The van der Waals surface area contributed by atoms with Crippen molar-refractivity contribution in [3.05, 3.63) is 76.8 Å². The predicted octanol–water partition coefficient (Wildman–Crippen LogP) is 1.77. The lowest BCUT2D eigenvalue weighted by atomic mass is 10.0. The molecule has 1 aliphatic rings. The summed E-state index contributed by atoms with van der Waals surface area (Å²) in [7, 11) is 3.36. The zero-order valence-electron chi connectivity index (χ0n) is 16.2. The molecule has 8 nitrogen and oxygen atoms in total. The van der Waals surface area contributed by atoms with Gasteiger partial charge in [-0.15, -0.1) is 0 Å². The smallest absolute Gasteiger partial charge is 0.263 e. The normalized spacial score (nSPS) is 14.7. The van der Waals surface area contributed by atoms with E-state index in [4.69, 9.17) is 11.5 Å². The summed E-state index contributed by atoms with van der Waals surface area (Å²) in [5.41, 5.74) is 18.5. The van der Waals surface area contributed by atoms with E-state index in [1.54, 1.807) is 6.20 Å². The highest BCUT2D eigenvalue weighted by Crippen LogP contribution is 2.23. The molecule has 0 saturated heterocycles. The van der Waals surface area contributed by atoms with Crippen molar-refractivity contribution in [3.8, 4) is 0 Å². The third-order valence-corrected chi connectivity index (χ3v) is 4.71. The monoisotopic (exact) mass is 414 g/mol. The molecule has 0 bridgehead atoms. The first-order valence-electron chi connectivity index (χ1n) is 8.75. The van der Waals surface area contributed by atoms with E-state index in [2.05, 4.69) is 16.0 Å². The van der Waals surface area contributed by atoms with Crippen LogP contribution in [0.2, 0.25) is 0 Å². The van der Waals surface area contributed by atoms with Gasteiger partial charge in [0.1, 0.15) is 4.88 Å². The minimum Gasteiger partial charge on any atom is -0.365 e. The summed E-state index contributed by atoms with van der Waals surface area (Å²) < 4.78 is 1.82. The van der Waals surface area contributed by atoms with E-state index in [1.807, 2.05) is 65.6 Å². The topological polar surface area (TPSA) is 142 Å². The number of aromatic nitrogens is 1. The Kier molecular flexibility index (Phi) is 7.84. The number of anilines is 1. The molecule has 2 amide bonds. The van der Waals surface area contributed by atoms with Crippen LogP contribution in [0.25, 0.3) is 0 Å². The average molecular weight is 415 g/mol. The number of benzodiazepines with no additional fused rings is 1. The first kappa shape index (κ1) is 22.0. The number of benzene rings is 2. The van der Waals surface area contributed by atoms with Gasteiger partial charge in [0.2, 0.25) is 0 Å². The van der Waals surface area contributed by atoms with Gasteiger partial charge in [0, 0.05) is 25.8 Å². The van der Waals surface area contributed by atoms with Gasteiger partial charge in [-0.25, -0.2) is 0 Å². The van der Waals surface area contributed by atoms with Crippen molar-refractivity contribution in [1.29, 1.82) is 0 Å². The molecule has 2 aromatic carbocycles. The number of aryl methyl sites for hydroxylation is 1. The van der Waals surface area contributed by atoms with E-state index in [0.29, 0.717) is 4.88 Å². The van der Waals surface area contributed by atoms with Gasteiger partial charge in [0.25, 0.3) is 11.8 Å². The van der Waals surface area contributed by atoms with Gasteiger partial charge in [-0.1, -0.05) is 60.1 Å². The van der Waals surface area contributed by atoms with Crippen LogP contribution >= 0.6 is 11.5 Å². The number of carbonyl (C=O) groups is 2. The molecule has 2 heterocycles. The lowest BCUT2D eigenvalue weighted by molar-refractivity contribution is -0.117. The molecule has 0 radical (unpaired) electrons. The van der Waals surface area contributed by atoms with Crippen molar-refractivity contribution in [3.63, 3.8) is 0 Å². The Morgan fingerprint density at radius 1 is 1.14 bits per heavy atom. The summed E-state index contributed by atoms with van der Waals surface area (Å²) in [6.07, 6.45) is 0.815. The van der Waals surface area contributed by atoms with Crippen molar-refractivity contribution >= 4 is 34.7 Å². The Labute approximate surface area is 174 Å². The Morgan fingerprint density at radius 3 is 2.28 bits per heavy atom. The summed E-state index contributed by atoms with van der Waals surface area (Å²) in [4.78, 5) is 27.0. The molecule has 9 heteroatoms. The molecule has 154 valence electrons. The van der Waals surface area contributed by atoms with Crippen LogP contribution in [0.3, 0.4) is 0 Å². The van der Waals surface area contributed by atoms with Crippen molar-refractivity contribution < 1.29 is 11.0 Å². The predicted molar refractivity (Wildman–Crippen MR) is 119 cm³/mol. The lowest BCUT2D eigenvalue weighted by Crippen LogP contribution is -2.33. The maximum Gasteiger partial charge on any atom is 0.263 e. The molecule has 0 spiro atoms. The van der Waals surface area contributed by atoms with Gasteiger partial charge in [-0.05, 0) is 13.1 Å². The Hall–Kier alpha value is -3.27. The fourth-order valence-electron chi connectivity index (χ4n) is 2.53. The Balaban J connectivity index is 0.000000346. The zero-order valence-corrected chi connectivity index (χ0v) is 17.0. The molecule has 0 saturated carbocycles. The summed E-state index contributed by atoms with van der Waals surface area (Å²) in [5, 5.41) is 2.79. The molecule has 1 aromatic heterocycles. The highest BCUT2D eigenvalue weighted by Gasteiger charge is 2.22. The quantitative estimate of drug-likeness (QED) is 0.507. The minimum absolute atomic E-state index is 0. The van der Waals surface area contributed by atoms with E-state index < -0.39 is 6.17 Å². The van der Waals surface area contributed by atoms with Crippen LogP contribution in [0.1, 0.15) is 22.2 Å². The second kappa shape index (κ2) is 10.3. The fraction of sp³-hybridized carbons (Fsp3) is 0.150. The van der Waals surface area contributed by atoms with E-state index >= 15 is 0 Å². The SMILES string of the molecule is CN.Cn1cc(C(N)=O)s1.NC1N=C(c2ccccc2)c2ccccc2NC1=O.[HH]. The fourth-order valence-corrected chi connectivity index (χ4v) is 3.13. The maximum absolute atomic E-state index is 11.8. The van der Waals surface area contributed by atoms with E-state index in [1.165, 1.54) is 18.6 Å². The lowest BCUT2D eigenvalue weighted by Gasteiger charge is -2.09. The third kappa shape index (κ3) is 5.61. The van der Waals surface area contributed by atoms with E-state index in [9.17, 15) is 9.59 Å². The number of hydrogen-bond acceptors (Lipinski definition) is 6. The van der Waals surface area contributed by atoms with Crippen molar-refractivity contribution in [2.75, 3.05) is 12.4 Å². The third-order valence-electron chi connectivity index (χ3n) is 3.81. The molecular formula is C20H26N6O2S. The van der Waals surface area contributed by atoms with E-state index in [-0.39, 0.29) is 13.2 Å². The number of primary amides is 1. The largest absolute Gasteiger partial charge is 0.365 e. The number of aliphatic imine (C=N–C) groups is 1. The Bertz CT molecular complexity index is 988. The maximum atomic E-state index is 11.8. The molecule has 0 aliphatic carbocycles. The van der Waals surface area contributed by atoms with Crippen LogP contribution in [-0.2, 0) is 11.8 Å². The molecule has 0 fully saturated rings. The second-order valence-corrected chi connectivity index (χ2v) is 7.02. The van der Waals surface area contributed by atoms with E-state index in [0.717, 1.165) is 22.5 Å². The number of para-hydroxylation sites is 1. The molecule has 3 aromatic rings. The zero-order chi connectivity index (χ0) is 21.4. The summed E-state index contributed by atoms with van der Waals surface area (Å²) in [6, 6.07) is 17.3. The second-order valence-electron chi connectivity index (χ2n) is 5.82. The standard InChI is InChI=1S/C15H13N3O.C4H6N2OS.CH5N.H2/c16-14-15(19)17-12-9-5-4-8-11(12)13(18-14)10-6-2-1-3-7-10;1-6-2-3(8-6)4(5)7;1-2;/h1-9,14H,16H2,(H,17,19);2H,1H3,(H2,5,7);2H2,1H3;1H. The van der Waals surface area contributed by atoms with Crippen LogP contribution < -0.4 is 22.5 Å². The van der Waals surface area contributed by atoms with Gasteiger partial charge >= 0.3 is 0 Å². The number of nitrogens with two attached hydrogens (primary N) is 3. The van der Waals surface area contributed by atoms with Crippen LogP contribution in [0.5, 0.6) is 0 Å². The molecule has 4 rings (SSSR count). The molecular weight excluding hydrogens is 388 g/mol. The highest BCUT2D eigenvalue weighted by molar-refractivity contribution is 7.09. The van der Waals surface area contributed by atoms with Crippen LogP contribution in [0, 0.1) is 0 Å². The number of fused-ring (bicyclic) bond motifs is 1. The van der Waals surface area contributed by atoms with Gasteiger partial charge in [-0.3, -0.25) is 14.6 Å². The first-order chi connectivity index (χ1) is 14.0.